The minimum absolute atomic E-state index is 0.205. The molecule has 0 aromatic heterocycles. The highest BCUT2D eigenvalue weighted by atomic mass is 32.2. The maximum Gasteiger partial charge on any atom is 0.233 e. The van der Waals surface area contributed by atoms with E-state index in [0.29, 0.717) is 11.7 Å². The third-order valence-corrected chi connectivity index (χ3v) is 6.13. The molecule has 1 amide bonds. The monoisotopic (exact) mass is 333 g/mol. The van der Waals surface area contributed by atoms with Crippen molar-refractivity contribution in [3.63, 3.8) is 0 Å². The summed E-state index contributed by atoms with van der Waals surface area (Å²) in [7, 11) is 2.18. The predicted octanol–water partition coefficient (Wildman–Crippen LogP) is 2.21. The lowest BCUT2D eigenvalue weighted by atomic mass is 10.1. The molecule has 0 saturated carbocycles. The van der Waals surface area contributed by atoms with Crippen molar-refractivity contribution in [2.24, 2.45) is 0 Å². The number of thioether (sulfide) groups is 1. The lowest BCUT2D eigenvalue weighted by Gasteiger charge is -2.33. The highest BCUT2D eigenvalue weighted by Gasteiger charge is 2.33. The van der Waals surface area contributed by atoms with Crippen LogP contribution in [0.2, 0.25) is 0 Å². The third kappa shape index (κ3) is 4.08. The minimum atomic E-state index is 0.205. The second-order valence-electron chi connectivity index (χ2n) is 6.61. The zero-order valence-corrected chi connectivity index (χ0v) is 15.0. The number of nitrogens with zero attached hydrogens (tertiary/aromatic N) is 3. The zero-order chi connectivity index (χ0) is 16.2. The molecule has 126 valence electrons. The normalized spacial score (nSPS) is 23.7. The van der Waals surface area contributed by atoms with Crippen LogP contribution in [0.15, 0.2) is 24.3 Å². The third-order valence-electron chi connectivity index (χ3n) is 4.89. The molecule has 1 atom stereocenters. The first kappa shape index (κ1) is 16.8. The molecule has 2 aliphatic heterocycles. The average molecular weight is 334 g/mol. The van der Waals surface area contributed by atoms with E-state index in [1.807, 2.05) is 0 Å². The predicted molar refractivity (Wildman–Crippen MR) is 96.6 cm³/mol. The maximum absolute atomic E-state index is 12.3. The number of amides is 1. The summed E-state index contributed by atoms with van der Waals surface area (Å²) in [5, 5.41) is 0.205. The van der Waals surface area contributed by atoms with E-state index in [-0.39, 0.29) is 5.37 Å². The quantitative estimate of drug-likeness (QED) is 0.825. The van der Waals surface area contributed by atoms with E-state index in [9.17, 15) is 4.79 Å². The first-order valence-corrected chi connectivity index (χ1v) is 9.57. The van der Waals surface area contributed by atoms with E-state index in [1.54, 1.807) is 11.8 Å². The molecule has 0 aliphatic carbocycles. The van der Waals surface area contributed by atoms with E-state index >= 15 is 0 Å². The van der Waals surface area contributed by atoms with Gasteiger partial charge in [-0.25, -0.2) is 0 Å². The van der Waals surface area contributed by atoms with Gasteiger partial charge in [-0.2, -0.15) is 0 Å². The van der Waals surface area contributed by atoms with Crippen LogP contribution in [0.1, 0.15) is 22.9 Å². The summed E-state index contributed by atoms with van der Waals surface area (Å²) in [6, 6.07) is 8.45. The Balaban J connectivity index is 1.55. The molecule has 1 aromatic rings. The van der Waals surface area contributed by atoms with Crippen LogP contribution in [0.3, 0.4) is 0 Å². The number of hydrogen-bond donors (Lipinski definition) is 0. The van der Waals surface area contributed by atoms with Crippen LogP contribution in [-0.2, 0) is 4.79 Å². The van der Waals surface area contributed by atoms with Crippen molar-refractivity contribution in [1.82, 2.24) is 14.7 Å². The van der Waals surface area contributed by atoms with Gasteiger partial charge in [0.1, 0.15) is 5.37 Å². The van der Waals surface area contributed by atoms with E-state index in [2.05, 4.69) is 52.9 Å². The van der Waals surface area contributed by atoms with Crippen molar-refractivity contribution in [3.05, 3.63) is 35.4 Å². The molecule has 4 nitrogen and oxygen atoms in total. The molecule has 0 radical (unpaired) electrons. The Hall–Kier alpha value is -1.04. The van der Waals surface area contributed by atoms with Gasteiger partial charge in [0, 0.05) is 32.7 Å². The topological polar surface area (TPSA) is 26.8 Å². The largest absolute Gasteiger partial charge is 0.326 e. The minimum Gasteiger partial charge on any atom is -0.326 e. The lowest BCUT2D eigenvalue weighted by molar-refractivity contribution is -0.128. The van der Waals surface area contributed by atoms with Crippen molar-refractivity contribution < 1.29 is 4.79 Å². The molecule has 2 aliphatic rings. The summed E-state index contributed by atoms with van der Waals surface area (Å²) in [5.41, 5.74) is 2.58. The molecule has 5 heteroatoms. The van der Waals surface area contributed by atoms with Crippen molar-refractivity contribution in [1.29, 1.82) is 0 Å². The summed E-state index contributed by atoms with van der Waals surface area (Å²) in [6.07, 6.45) is 1.07. The van der Waals surface area contributed by atoms with Crippen LogP contribution in [-0.4, -0.2) is 72.7 Å². The Bertz CT molecular complexity index is 543. The van der Waals surface area contributed by atoms with Crippen molar-refractivity contribution >= 4 is 17.7 Å². The highest BCUT2D eigenvalue weighted by Crippen LogP contribution is 2.39. The maximum atomic E-state index is 12.3. The van der Waals surface area contributed by atoms with E-state index in [0.717, 1.165) is 45.7 Å². The van der Waals surface area contributed by atoms with Gasteiger partial charge in [0.05, 0.1) is 5.75 Å². The number of aryl methyl sites for hydroxylation is 1. The summed E-state index contributed by atoms with van der Waals surface area (Å²) in [6.45, 7) is 8.73. The fourth-order valence-corrected chi connectivity index (χ4v) is 4.67. The first-order valence-electron chi connectivity index (χ1n) is 8.52. The van der Waals surface area contributed by atoms with Gasteiger partial charge in [-0.3, -0.25) is 4.79 Å². The van der Waals surface area contributed by atoms with Crippen LogP contribution in [0, 0.1) is 6.92 Å². The summed E-state index contributed by atoms with van der Waals surface area (Å²) >= 11 is 1.77. The summed E-state index contributed by atoms with van der Waals surface area (Å²) < 4.78 is 0. The van der Waals surface area contributed by atoms with E-state index < -0.39 is 0 Å². The molecule has 0 bridgehead atoms. The Morgan fingerprint density at radius 3 is 2.61 bits per heavy atom. The number of piperazine rings is 1. The van der Waals surface area contributed by atoms with Crippen LogP contribution in [0.25, 0.3) is 0 Å². The summed E-state index contributed by atoms with van der Waals surface area (Å²) in [5.74, 6) is 0.912. The van der Waals surface area contributed by atoms with Crippen LogP contribution < -0.4 is 0 Å². The van der Waals surface area contributed by atoms with Gasteiger partial charge in [0.25, 0.3) is 0 Å². The lowest BCUT2D eigenvalue weighted by Crippen LogP contribution is -2.45. The number of likely N-dealkylation sites (N-methyl/N-ethyl adjacent to an activating group) is 1. The SMILES string of the molecule is Cc1ccccc1C1SCC(=O)N1CCCN1CCN(C)CC1. The van der Waals surface area contributed by atoms with Crippen molar-refractivity contribution in [2.75, 3.05) is 52.1 Å². The van der Waals surface area contributed by atoms with E-state index in [1.165, 1.54) is 11.1 Å². The second-order valence-corrected chi connectivity index (χ2v) is 7.67. The summed E-state index contributed by atoms with van der Waals surface area (Å²) in [4.78, 5) is 19.3. The standard InChI is InChI=1S/C18H27N3OS/c1-15-6-3-4-7-16(15)18-21(17(22)14-23-18)9-5-8-20-12-10-19(2)11-13-20/h3-4,6-7,18H,5,8-14H2,1-2H3. The molecule has 2 fully saturated rings. The number of carbonyl (C=O) groups excluding carboxylic acids is 1. The fourth-order valence-electron chi connectivity index (χ4n) is 3.35. The number of carbonyl (C=O) groups is 1. The molecule has 1 unspecified atom stereocenters. The molecule has 0 N–H and O–H groups in total. The first-order chi connectivity index (χ1) is 11.1. The van der Waals surface area contributed by atoms with Gasteiger partial charge in [-0.15, -0.1) is 11.8 Å². The highest BCUT2D eigenvalue weighted by molar-refractivity contribution is 8.00. The Morgan fingerprint density at radius 2 is 1.87 bits per heavy atom. The molecule has 3 rings (SSSR count). The van der Waals surface area contributed by atoms with Gasteiger partial charge in [-0.05, 0) is 38.1 Å². The molecule has 23 heavy (non-hydrogen) atoms. The Morgan fingerprint density at radius 1 is 1.13 bits per heavy atom. The van der Waals surface area contributed by atoms with Crippen molar-refractivity contribution in [2.45, 2.75) is 18.7 Å². The van der Waals surface area contributed by atoms with Crippen LogP contribution in [0.5, 0.6) is 0 Å². The fraction of sp³-hybridized carbons (Fsp3) is 0.611. The molecule has 2 saturated heterocycles. The molecular formula is C18H27N3OS. The molecule has 1 aromatic carbocycles. The number of benzene rings is 1. The van der Waals surface area contributed by atoms with Gasteiger partial charge >= 0.3 is 0 Å². The van der Waals surface area contributed by atoms with Crippen LogP contribution >= 0.6 is 11.8 Å². The number of hydrogen-bond acceptors (Lipinski definition) is 4. The number of rotatable bonds is 5. The molecular weight excluding hydrogens is 306 g/mol. The van der Waals surface area contributed by atoms with Gasteiger partial charge in [0.15, 0.2) is 0 Å². The molecule has 0 spiro atoms. The average Bonchev–Trinajstić information content (AvgIpc) is 2.91. The van der Waals surface area contributed by atoms with Gasteiger partial charge in [0.2, 0.25) is 5.91 Å². The second kappa shape index (κ2) is 7.69. The van der Waals surface area contributed by atoms with Crippen molar-refractivity contribution in [3.8, 4) is 0 Å². The van der Waals surface area contributed by atoms with Gasteiger partial charge < -0.3 is 14.7 Å². The van der Waals surface area contributed by atoms with Gasteiger partial charge in [-0.1, -0.05) is 24.3 Å². The smallest absolute Gasteiger partial charge is 0.233 e. The van der Waals surface area contributed by atoms with E-state index in [4.69, 9.17) is 0 Å². The zero-order valence-electron chi connectivity index (χ0n) is 14.2. The molecule has 2 heterocycles. The Labute approximate surface area is 143 Å². The Kier molecular flexibility index (Phi) is 5.62. The van der Waals surface area contributed by atoms with Crippen LogP contribution in [0.4, 0.5) is 0 Å².